The summed E-state index contributed by atoms with van der Waals surface area (Å²) in [5.41, 5.74) is 2.02. The first-order chi connectivity index (χ1) is 14.3. The van der Waals surface area contributed by atoms with Gasteiger partial charge in [0, 0.05) is 23.8 Å². The first-order valence-electron chi connectivity index (χ1n) is 10.4. The second-order valence-corrected chi connectivity index (χ2v) is 9.88. The zero-order valence-electron chi connectivity index (χ0n) is 18.0. The van der Waals surface area contributed by atoms with Gasteiger partial charge in [-0.2, -0.15) is 4.31 Å². The number of carbonyl (C=O) groups excluding carboxylic acids is 1. The van der Waals surface area contributed by atoms with Gasteiger partial charge < -0.3 is 10.1 Å². The predicted octanol–water partition coefficient (Wildman–Crippen LogP) is 4.63. The SMILES string of the molecule is COc1ccc(C(=O)Nc2ccccc2C(C)C)cc1S(=O)(=O)N1CCCCC1C. The number of rotatable bonds is 6. The van der Waals surface area contributed by atoms with Gasteiger partial charge in [0.05, 0.1) is 7.11 Å². The topological polar surface area (TPSA) is 75.7 Å². The molecule has 0 radical (unpaired) electrons. The molecule has 1 saturated heterocycles. The molecule has 7 heteroatoms. The average molecular weight is 431 g/mol. The van der Waals surface area contributed by atoms with Crippen molar-refractivity contribution in [1.29, 1.82) is 0 Å². The minimum Gasteiger partial charge on any atom is -0.495 e. The number of para-hydroxylation sites is 1. The third kappa shape index (κ3) is 4.52. The maximum Gasteiger partial charge on any atom is 0.255 e. The number of sulfonamides is 1. The lowest BCUT2D eigenvalue weighted by Crippen LogP contribution is -2.42. The van der Waals surface area contributed by atoms with Gasteiger partial charge in [-0.15, -0.1) is 0 Å². The molecule has 0 bridgehead atoms. The lowest BCUT2D eigenvalue weighted by atomic mass is 10.0. The van der Waals surface area contributed by atoms with Crippen molar-refractivity contribution in [2.75, 3.05) is 19.0 Å². The van der Waals surface area contributed by atoms with Gasteiger partial charge in [0.15, 0.2) is 0 Å². The molecule has 1 aliphatic heterocycles. The van der Waals surface area contributed by atoms with E-state index in [2.05, 4.69) is 19.2 Å². The fourth-order valence-corrected chi connectivity index (χ4v) is 5.77. The first kappa shape index (κ1) is 22.3. The highest BCUT2D eigenvalue weighted by Gasteiger charge is 2.33. The van der Waals surface area contributed by atoms with E-state index in [9.17, 15) is 13.2 Å². The molecule has 0 spiro atoms. The second kappa shape index (κ2) is 9.18. The molecule has 162 valence electrons. The Balaban J connectivity index is 1.96. The number of hydrogen-bond donors (Lipinski definition) is 1. The Morgan fingerprint density at radius 1 is 1.17 bits per heavy atom. The van der Waals surface area contributed by atoms with Crippen molar-refractivity contribution in [3.05, 3.63) is 53.6 Å². The van der Waals surface area contributed by atoms with E-state index in [1.807, 2.05) is 31.2 Å². The molecule has 2 aromatic carbocycles. The van der Waals surface area contributed by atoms with Crippen LogP contribution >= 0.6 is 0 Å². The molecule has 0 aromatic heterocycles. The third-order valence-electron chi connectivity index (χ3n) is 5.59. The number of piperidine rings is 1. The Morgan fingerprint density at radius 3 is 2.57 bits per heavy atom. The largest absolute Gasteiger partial charge is 0.495 e. The van der Waals surface area contributed by atoms with E-state index in [1.54, 1.807) is 12.1 Å². The maximum atomic E-state index is 13.4. The van der Waals surface area contributed by atoms with Crippen molar-refractivity contribution in [2.24, 2.45) is 0 Å². The number of amides is 1. The van der Waals surface area contributed by atoms with Crippen LogP contribution in [0.4, 0.5) is 5.69 Å². The summed E-state index contributed by atoms with van der Waals surface area (Å²) in [5, 5.41) is 2.92. The summed E-state index contributed by atoms with van der Waals surface area (Å²) in [6.45, 7) is 6.51. The monoisotopic (exact) mass is 430 g/mol. The van der Waals surface area contributed by atoms with E-state index in [0.29, 0.717) is 6.54 Å². The molecule has 1 fully saturated rings. The predicted molar refractivity (Wildman–Crippen MR) is 119 cm³/mol. The third-order valence-corrected chi connectivity index (χ3v) is 7.62. The number of ether oxygens (including phenoxy) is 1. The van der Waals surface area contributed by atoms with Crippen LogP contribution in [0, 0.1) is 0 Å². The minimum absolute atomic E-state index is 0.0311. The number of benzene rings is 2. The van der Waals surface area contributed by atoms with Crippen LogP contribution in [-0.4, -0.2) is 38.3 Å². The van der Waals surface area contributed by atoms with E-state index >= 15 is 0 Å². The fraction of sp³-hybridized carbons (Fsp3) is 0.435. The van der Waals surface area contributed by atoms with Gasteiger partial charge >= 0.3 is 0 Å². The van der Waals surface area contributed by atoms with Crippen molar-refractivity contribution in [3.8, 4) is 5.75 Å². The molecule has 6 nitrogen and oxygen atoms in total. The van der Waals surface area contributed by atoms with Crippen LogP contribution in [0.5, 0.6) is 5.75 Å². The molecule has 30 heavy (non-hydrogen) atoms. The average Bonchev–Trinajstić information content (AvgIpc) is 2.73. The summed E-state index contributed by atoms with van der Waals surface area (Å²) in [6.07, 6.45) is 2.67. The Hall–Kier alpha value is -2.38. The Bertz CT molecular complexity index is 1020. The van der Waals surface area contributed by atoms with Gasteiger partial charge in [-0.1, -0.05) is 38.5 Å². The van der Waals surface area contributed by atoms with Crippen molar-refractivity contribution in [2.45, 2.75) is 56.9 Å². The first-order valence-corrected chi connectivity index (χ1v) is 11.8. The smallest absolute Gasteiger partial charge is 0.255 e. The number of carbonyl (C=O) groups is 1. The molecule has 1 unspecified atom stereocenters. The number of hydrogen-bond acceptors (Lipinski definition) is 4. The van der Waals surface area contributed by atoms with E-state index in [1.165, 1.54) is 17.5 Å². The van der Waals surface area contributed by atoms with Crippen LogP contribution in [0.2, 0.25) is 0 Å². The standard InChI is InChI=1S/C23H30N2O4S/c1-16(2)19-10-5-6-11-20(19)24-23(26)18-12-13-21(29-4)22(15-18)30(27,28)25-14-8-7-9-17(25)3/h5-6,10-13,15-17H,7-9,14H2,1-4H3,(H,24,26). The van der Waals surface area contributed by atoms with Crippen LogP contribution < -0.4 is 10.1 Å². The molecule has 1 amide bonds. The number of nitrogens with zero attached hydrogens (tertiary/aromatic N) is 1. The molecule has 0 saturated carbocycles. The summed E-state index contributed by atoms with van der Waals surface area (Å²) in [5.74, 6) is 0.134. The van der Waals surface area contributed by atoms with Crippen molar-refractivity contribution in [3.63, 3.8) is 0 Å². The molecular weight excluding hydrogens is 400 g/mol. The van der Waals surface area contributed by atoms with E-state index in [0.717, 1.165) is 30.5 Å². The van der Waals surface area contributed by atoms with E-state index in [-0.39, 0.29) is 34.1 Å². The van der Waals surface area contributed by atoms with Crippen molar-refractivity contribution in [1.82, 2.24) is 4.31 Å². The van der Waals surface area contributed by atoms with Gasteiger partial charge in [0.1, 0.15) is 10.6 Å². The highest BCUT2D eigenvalue weighted by Crippen LogP contribution is 2.32. The summed E-state index contributed by atoms with van der Waals surface area (Å²) in [7, 11) is -2.34. The van der Waals surface area contributed by atoms with Crippen molar-refractivity contribution < 1.29 is 17.9 Å². The van der Waals surface area contributed by atoms with Crippen LogP contribution in [0.3, 0.4) is 0 Å². The normalized spacial score (nSPS) is 17.7. The van der Waals surface area contributed by atoms with Gasteiger partial charge in [0.25, 0.3) is 5.91 Å². The maximum absolute atomic E-state index is 13.4. The summed E-state index contributed by atoms with van der Waals surface area (Å²) in [4.78, 5) is 13.0. The minimum atomic E-state index is -3.78. The molecule has 2 aromatic rings. The number of anilines is 1. The Labute approximate surface area is 179 Å². The highest BCUT2D eigenvalue weighted by atomic mass is 32.2. The zero-order chi connectivity index (χ0) is 21.9. The Kier molecular flexibility index (Phi) is 6.83. The molecule has 0 aliphatic carbocycles. The molecule has 1 aliphatic rings. The van der Waals surface area contributed by atoms with Gasteiger partial charge in [-0.25, -0.2) is 8.42 Å². The van der Waals surface area contributed by atoms with Gasteiger partial charge in [0.2, 0.25) is 10.0 Å². The second-order valence-electron chi connectivity index (χ2n) is 8.02. The van der Waals surface area contributed by atoms with Crippen LogP contribution in [0.1, 0.15) is 61.9 Å². The lowest BCUT2D eigenvalue weighted by molar-refractivity contribution is 0.102. The van der Waals surface area contributed by atoms with Crippen LogP contribution in [0.15, 0.2) is 47.4 Å². The highest BCUT2D eigenvalue weighted by molar-refractivity contribution is 7.89. The summed E-state index contributed by atoms with van der Waals surface area (Å²) >= 11 is 0. The number of methoxy groups -OCH3 is 1. The Morgan fingerprint density at radius 2 is 1.90 bits per heavy atom. The van der Waals surface area contributed by atoms with Crippen LogP contribution in [-0.2, 0) is 10.0 Å². The molecular formula is C23H30N2O4S. The summed E-state index contributed by atoms with van der Waals surface area (Å²) < 4.78 is 33.6. The number of nitrogens with one attached hydrogen (secondary N) is 1. The lowest BCUT2D eigenvalue weighted by Gasteiger charge is -2.32. The van der Waals surface area contributed by atoms with Gasteiger partial charge in [-0.05, 0) is 55.5 Å². The van der Waals surface area contributed by atoms with E-state index in [4.69, 9.17) is 4.74 Å². The fourth-order valence-electron chi connectivity index (χ4n) is 3.88. The van der Waals surface area contributed by atoms with Crippen LogP contribution in [0.25, 0.3) is 0 Å². The van der Waals surface area contributed by atoms with Gasteiger partial charge in [-0.3, -0.25) is 4.79 Å². The molecule has 1 N–H and O–H groups in total. The molecule has 1 heterocycles. The zero-order valence-corrected chi connectivity index (χ0v) is 18.8. The molecule has 3 rings (SSSR count). The van der Waals surface area contributed by atoms with E-state index < -0.39 is 10.0 Å². The summed E-state index contributed by atoms with van der Waals surface area (Å²) in [6, 6.07) is 12.1. The van der Waals surface area contributed by atoms with Crippen molar-refractivity contribution >= 4 is 21.6 Å². The molecule has 1 atom stereocenters. The quantitative estimate of drug-likeness (QED) is 0.725.